The molecule has 0 amide bonds. The predicted molar refractivity (Wildman–Crippen MR) is 106 cm³/mol. The lowest BCUT2D eigenvalue weighted by atomic mass is 9.96. The summed E-state index contributed by atoms with van der Waals surface area (Å²) in [6, 6.07) is 11.5. The number of likely N-dealkylation sites (tertiary alicyclic amines) is 1. The van der Waals surface area contributed by atoms with E-state index in [0.717, 1.165) is 48.7 Å². The lowest BCUT2D eigenvalue weighted by Crippen LogP contribution is -2.33. The van der Waals surface area contributed by atoms with Gasteiger partial charge in [-0.3, -0.25) is 18.5 Å². The van der Waals surface area contributed by atoms with Gasteiger partial charge in [-0.05, 0) is 62.7 Å². The molecule has 1 aliphatic rings. The molecule has 7 heteroatoms. The largest absolute Gasteiger partial charge is 0.297 e. The van der Waals surface area contributed by atoms with E-state index in [1.165, 1.54) is 0 Å². The number of piperidine rings is 1. The lowest BCUT2D eigenvalue weighted by molar-refractivity contribution is 0.199. The van der Waals surface area contributed by atoms with Gasteiger partial charge in [-0.25, -0.2) is 4.98 Å². The van der Waals surface area contributed by atoms with Gasteiger partial charge in [-0.15, -0.1) is 10.2 Å². The maximum atomic E-state index is 12.4. The fourth-order valence-corrected chi connectivity index (χ4v) is 4.05. The molecular formula is C21H22N6O. The van der Waals surface area contributed by atoms with Crippen molar-refractivity contribution in [3.63, 3.8) is 0 Å². The molecular weight excluding hydrogens is 352 g/mol. The van der Waals surface area contributed by atoms with Crippen LogP contribution in [-0.2, 0) is 6.54 Å². The van der Waals surface area contributed by atoms with E-state index < -0.39 is 0 Å². The van der Waals surface area contributed by atoms with Crippen molar-refractivity contribution in [3.05, 3.63) is 76.2 Å². The smallest absolute Gasteiger partial charge is 0.258 e. The Hall–Kier alpha value is -3.06. The van der Waals surface area contributed by atoms with Crippen molar-refractivity contribution in [1.82, 2.24) is 28.9 Å². The number of aryl methyl sites for hydroxylation is 1. The van der Waals surface area contributed by atoms with Crippen LogP contribution in [0.15, 0.2) is 53.6 Å². The molecule has 0 bridgehead atoms. The van der Waals surface area contributed by atoms with Gasteiger partial charge in [0.2, 0.25) is 0 Å². The van der Waals surface area contributed by atoms with Crippen LogP contribution in [0.1, 0.15) is 35.8 Å². The first-order valence-electron chi connectivity index (χ1n) is 9.68. The molecule has 0 spiro atoms. The number of pyridine rings is 2. The van der Waals surface area contributed by atoms with Crippen molar-refractivity contribution in [3.8, 4) is 0 Å². The van der Waals surface area contributed by atoms with Crippen molar-refractivity contribution >= 4 is 11.3 Å². The molecule has 0 atom stereocenters. The highest BCUT2D eigenvalue weighted by atomic mass is 16.1. The van der Waals surface area contributed by atoms with E-state index >= 15 is 0 Å². The summed E-state index contributed by atoms with van der Waals surface area (Å²) in [5, 5.41) is 8.70. The standard InChI is InChI=1S/C21H22N6O/c1-15-5-11-26-19(12-15)22-17(13-20(26)28)14-25-9-6-16(7-10-25)21-24-23-18-4-2-3-8-27(18)21/h2-5,8,11-13,16H,6-7,9-10,14H2,1H3. The van der Waals surface area contributed by atoms with Crippen LogP contribution in [0.3, 0.4) is 0 Å². The van der Waals surface area contributed by atoms with Crippen LogP contribution in [0.2, 0.25) is 0 Å². The molecule has 5 rings (SSSR count). The molecule has 7 nitrogen and oxygen atoms in total. The average Bonchev–Trinajstić information content (AvgIpc) is 3.12. The Kier molecular flexibility index (Phi) is 4.16. The Labute approximate surface area is 162 Å². The van der Waals surface area contributed by atoms with Crippen molar-refractivity contribution in [2.45, 2.75) is 32.2 Å². The SMILES string of the molecule is Cc1ccn2c(=O)cc(CN3CCC(c4nnc5ccccn45)CC3)nc2c1. The molecule has 0 radical (unpaired) electrons. The summed E-state index contributed by atoms with van der Waals surface area (Å²) in [4.78, 5) is 19.4. The van der Waals surface area contributed by atoms with E-state index in [-0.39, 0.29) is 5.56 Å². The van der Waals surface area contributed by atoms with Crippen LogP contribution in [0.4, 0.5) is 0 Å². The van der Waals surface area contributed by atoms with E-state index in [1.807, 2.05) is 43.5 Å². The van der Waals surface area contributed by atoms with Crippen LogP contribution in [0.25, 0.3) is 11.3 Å². The highest BCUT2D eigenvalue weighted by molar-refractivity contribution is 5.41. The van der Waals surface area contributed by atoms with Crippen LogP contribution in [0, 0.1) is 6.92 Å². The third kappa shape index (κ3) is 3.07. The highest BCUT2D eigenvalue weighted by Crippen LogP contribution is 2.27. The van der Waals surface area contributed by atoms with E-state index in [1.54, 1.807) is 16.7 Å². The van der Waals surface area contributed by atoms with E-state index in [2.05, 4.69) is 19.5 Å². The monoisotopic (exact) mass is 374 g/mol. The first kappa shape index (κ1) is 17.1. The summed E-state index contributed by atoms with van der Waals surface area (Å²) in [7, 11) is 0. The third-order valence-corrected chi connectivity index (χ3v) is 5.55. The maximum absolute atomic E-state index is 12.4. The molecule has 28 heavy (non-hydrogen) atoms. The normalized spacial score (nSPS) is 16.2. The van der Waals surface area contributed by atoms with Crippen LogP contribution in [-0.4, -0.2) is 42.0 Å². The van der Waals surface area contributed by atoms with Gasteiger partial charge in [-0.2, -0.15) is 0 Å². The summed E-state index contributed by atoms with van der Waals surface area (Å²) >= 11 is 0. The van der Waals surface area contributed by atoms with E-state index in [0.29, 0.717) is 18.1 Å². The topological polar surface area (TPSA) is 67.8 Å². The second-order valence-corrected chi connectivity index (χ2v) is 7.56. The summed E-state index contributed by atoms with van der Waals surface area (Å²) in [6.45, 7) is 4.63. The summed E-state index contributed by atoms with van der Waals surface area (Å²) in [6.07, 6.45) is 5.88. The zero-order valence-corrected chi connectivity index (χ0v) is 15.8. The maximum Gasteiger partial charge on any atom is 0.258 e. The van der Waals surface area contributed by atoms with E-state index in [9.17, 15) is 4.79 Å². The molecule has 1 saturated heterocycles. The van der Waals surface area contributed by atoms with Crippen molar-refractivity contribution in [2.24, 2.45) is 0 Å². The van der Waals surface area contributed by atoms with Crippen molar-refractivity contribution in [2.75, 3.05) is 13.1 Å². The van der Waals surface area contributed by atoms with Crippen molar-refractivity contribution in [1.29, 1.82) is 0 Å². The molecule has 0 saturated carbocycles. The van der Waals surface area contributed by atoms with Crippen LogP contribution >= 0.6 is 0 Å². The number of nitrogens with zero attached hydrogens (tertiary/aromatic N) is 6. The van der Waals surface area contributed by atoms with Gasteiger partial charge in [0.15, 0.2) is 5.65 Å². The van der Waals surface area contributed by atoms with Gasteiger partial charge in [-0.1, -0.05) is 6.07 Å². The minimum absolute atomic E-state index is 0.0233. The fourth-order valence-electron chi connectivity index (χ4n) is 4.05. The van der Waals surface area contributed by atoms with E-state index in [4.69, 9.17) is 4.98 Å². The van der Waals surface area contributed by atoms with Gasteiger partial charge >= 0.3 is 0 Å². The van der Waals surface area contributed by atoms with Crippen LogP contribution in [0.5, 0.6) is 0 Å². The summed E-state index contributed by atoms with van der Waals surface area (Å²) < 4.78 is 3.69. The van der Waals surface area contributed by atoms with Crippen LogP contribution < -0.4 is 5.56 Å². The van der Waals surface area contributed by atoms with Gasteiger partial charge in [0.25, 0.3) is 5.56 Å². The van der Waals surface area contributed by atoms with Gasteiger partial charge in [0.05, 0.1) is 5.69 Å². The van der Waals surface area contributed by atoms with Gasteiger partial charge in [0, 0.05) is 30.9 Å². The highest BCUT2D eigenvalue weighted by Gasteiger charge is 2.24. The summed E-state index contributed by atoms with van der Waals surface area (Å²) in [5.41, 5.74) is 3.53. The summed E-state index contributed by atoms with van der Waals surface area (Å²) in [5.74, 6) is 1.46. The Morgan fingerprint density at radius 2 is 1.86 bits per heavy atom. The fraction of sp³-hybridized carbons (Fsp3) is 0.333. The number of fused-ring (bicyclic) bond motifs is 2. The zero-order chi connectivity index (χ0) is 19.1. The lowest BCUT2D eigenvalue weighted by Gasteiger charge is -2.30. The molecule has 5 heterocycles. The van der Waals surface area contributed by atoms with Gasteiger partial charge < -0.3 is 0 Å². The molecule has 0 N–H and O–H groups in total. The minimum atomic E-state index is -0.0233. The molecule has 0 aliphatic carbocycles. The number of rotatable bonds is 3. The molecule has 1 aliphatic heterocycles. The Morgan fingerprint density at radius 3 is 2.71 bits per heavy atom. The second kappa shape index (κ2) is 6.83. The molecule has 1 fully saturated rings. The molecule has 4 aromatic heterocycles. The molecule has 4 aromatic rings. The second-order valence-electron chi connectivity index (χ2n) is 7.56. The van der Waals surface area contributed by atoms with Gasteiger partial charge in [0.1, 0.15) is 11.5 Å². The average molecular weight is 374 g/mol. The van der Waals surface area contributed by atoms with Crippen molar-refractivity contribution < 1.29 is 0 Å². The Bertz CT molecular complexity index is 1200. The molecule has 142 valence electrons. The molecule has 0 unspecified atom stereocenters. The number of hydrogen-bond donors (Lipinski definition) is 0. The zero-order valence-electron chi connectivity index (χ0n) is 15.8. The number of hydrogen-bond acceptors (Lipinski definition) is 5. The third-order valence-electron chi connectivity index (χ3n) is 5.55. The predicted octanol–water partition coefficient (Wildman–Crippen LogP) is 2.43. The quantitative estimate of drug-likeness (QED) is 0.551. The number of aromatic nitrogens is 5. The first-order valence-corrected chi connectivity index (χ1v) is 9.68. The molecule has 0 aromatic carbocycles. The Morgan fingerprint density at radius 1 is 1.00 bits per heavy atom. The first-order chi connectivity index (χ1) is 13.7. The minimum Gasteiger partial charge on any atom is -0.297 e. The Balaban J connectivity index is 1.31.